The number of sulfonamides is 1. The van der Waals surface area contributed by atoms with Crippen LogP contribution < -0.4 is 5.73 Å². The lowest BCUT2D eigenvalue weighted by molar-refractivity contribution is 0.425. The van der Waals surface area contributed by atoms with E-state index < -0.39 is 10.0 Å². The van der Waals surface area contributed by atoms with E-state index in [2.05, 4.69) is 0 Å². The van der Waals surface area contributed by atoms with Crippen LogP contribution in [-0.2, 0) is 10.0 Å². The minimum Gasteiger partial charge on any atom is -0.399 e. The molecule has 0 saturated heterocycles. The summed E-state index contributed by atoms with van der Waals surface area (Å²) >= 11 is 5.90. The number of nitriles is 2. The molecule has 20 heavy (non-hydrogen) atoms. The molecule has 0 saturated carbocycles. The van der Waals surface area contributed by atoms with E-state index in [1.165, 1.54) is 18.2 Å². The van der Waals surface area contributed by atoms with Crippen molar-refractivity contribution in [3.63, 3.8) is 0 Å². The molecule has 0 aliphatic rings. The lowest BCUT2D eigenvalue weighted by Crippen LogP contribution is -2.33. The van der Waals surface area contributed by atoms with Crippen LogP contribution in [0.3, 0.4) is 0 Å². The van der Waals surface area contributed by atoms with E-state index >= 15 is 0 Å². The Morgan fingerprint density at radius 3 is 2.25 bits per heavy atom. The average molecular weight is 313 g/mol. The van der Waals surface area contributed by atoms with Crippen LogP contribution >= 0.6 is 11.6 Å². The molecule has 1 rings (SSSR count). The molecule has 8 heteroatoms. The maximum Gasteiger partial charge on any atom is 0.244 e. The number of rotatable bonds is 6. The molecule has 106 valence electrons. The van der Waals surface area contributed by atoms with Crippen molar-refractivity contribution in [3.05, 3.63) is 23.2 Å². The molecule has 0 fully saturated rings. The summed E-state index contributed by atoms with van der Waals surface area (Å²) in [5.74, 6) is 0. The number of nitrogens with two attached hydrogens (primary N) is 1. The van der Waals surface area contributed by atoms with Crippen LogP contribution in [0.2, 0.25) is 5.02 Å². The Labute approximate surface area is 123 Å². The minimum absolute atomic E-state index is 0.00560. The van der Waals surface area contributed by atoms with E-state index in [9.17, 15) is 8.42 Å². The highest BCUT2D eigenvalue weighted by Gasteiger charge is 2.26. The van der Waals surface area contributed by atoms with Crippen molar-refractivity contribution < 1.29 is 8.42 Å². The molecule has 0 aliphatic heterocycles. The van der Waals surface area contributed by atoms with Gasteiger partial charge in [0.15, 0.2) is 0 Å². The number of hydrogen-bond acceptors (Lipinski definition) is 5. The Morgan fingerprint density at radius 1 is 1.20 bits per heavy atom. The lowest BCUT2D eigenvalue weighted by atomic mass is 10.3. The van der Waals surface area contributed by atoms with Gasteiger partial charge in [-0.1, -0.05) is 11.6 Å². The van der Waals surface area contributed by atoms with Gasteiger partial charge in [-0.15, -0.1) is 0 Å². The molecule has 0 radical (unpaired) electrons. The molecular weight excluding hydrogens is 300 g/mol. The van der Waals surface area contributed by atoms with Gasteiger partial charge in [-0.2, -0.15) is 14.8 Å². The molecule has 1 aromatic rings. The largest absolute Gasteiger partial charge is 0.399 e. The van der Waals surface area contributed by atoms with Crippen molar-refractivity contribution >= 4 is 27.3 Å². The normalized spacial score (nSPS) is 11.0. The number of benzene rings is 1. The van der Waals surface area contributed by atoms with E-state index in [0.29, 0.717) is 0 Å². The predicted molar refractivity (Wildman–Crippen MR) is 75.1 cm³/mol. The van der Waals surface area contributed by atoms with Crippen LogP contribution in [0.15, 0.2) is 23.1 Å². The SMILES string of the molecule is N#CCCN(CCC#N)S(=O)(=O)c1cc(N)ccc1Cl. The second kappa shape index (κ2) is 7.11. The molecule has 0 unspecified atom stereocenters. The number of anilines is 1. The molecule has 0 aromatic heterocycles. The molecule has 0 bridgehead atoms. The van der Waals surface area contributed by atoms with Crippen molar-refractivity contribution in [2.45, 2.75) is 17.7 Å². The summed E-state index contributed by atoms with van der Waals surface area (Å²) in [5, 5.41) is 17.2. The Bertz CT molecular complexity index is 643. The van der Waals surface area contributed by atoms with Crippen molar-refractivity contribution in [3.8, 4) is 12.1 Å². The highest BCUT2D eigenvalue weighted by molar-refractivity contribution is 7.89. The van der Waals surface area contributed by atoms with Gasteiger partial charge in [0, 0.05) is 31.6 Å². The minimum atomic E-state index is -3.88. The fourth-order valence-electron chi connectivity index (χ4n) is 1.56. The fourth-order valence-corrected chi connectivity index (χ4v) is 3.51. The first-order valence-electron chi connectivity index (χ1n) is 5.72. The molecule has 6 nitrogen and oxygen atoms in total. The van der Waals surface area contributed by atoms with Gasteiger partial charge in [-0.05, 0) is 18.2 Å². The van der Waals surface area contributed by atoms with Gasteiger partial charge < -0.3 is 5.73 Å². The first-order chi connectivity index (χ1) is 9.43. The topological polar surface area (TPSA) is 111 Å². The third-order valence-electron chi connectivity index (χ3n) is 2.52. The summed E-state index contributed by atoms with van der Waals surface area (Å²) in [6.45, 7) is 0.0112. The second-order valence-corrected chi connectivity index (χ2v) is 6.22. The monoisotopic (exact) mass is 312 g/mol. The summed E-state index contributed by atoms with van der Waals surface area (Å²) in [4.78, 5) is -0.116. The Balaban J connectivity index is 3.18. The van der Waals surface area contributed by atoms with Crippen LogP contribution in [0.5, 0.6) is 0 Å². The molecule has 2 N–H and O–H groups in total. The zero-order chi connectivity index (χ0) is 15.2. The number of nitrogen functional groups attached to an aromatic ring is 1. The average Bonchev–Trinajstić information content (AvgIpc) is 2.41. The summed E-state index contributed by atoms with van der Waals surface area (Å²) < 4.78 is 26.0. The van der Waals surface area contributed by atoms with E-state index in [0.717, 1.165) is 4.31 Å². The van der Waals surface area contributed by atoms with Gasteiger partial charge >= 0.3 is 0 Å². The van der Waals surface area contributed by atoms with Crippen molar-refractivity contribution in [1.29, 1.82) is 10.5 Å². The van der Waals surface area contributed by atoms with Gasteiger partial charge in [0.2, 0.25) is 10.0 Å². The second-order valence-electron chi connectivity index (χ2n) is 3.91. The van der Waals surface area contributed by atoms with Crippen molar-refractivity contribution in [2.75, 3.05) is 18.8 Å². The molecular formula is C12H13ClN4O2S. The van der Waals surface area contributed by atoms with Gasteiger partial charge in [0.1, 0.15) is 4.90 Å². The zero-order valence-corrected chi connectivity index (χ0v) is 12.2. The van der Waals surface area contributed by atoms with Crippen LogP contribution in [0.1, 0.15) is 12.8 Å². The summed E-state index contributed by atoms with van der Waals surface area (Å²) in [6, 6.07) is 7.92. The predicted octanol–water partition coefficient (Wildman–Crippen LogP) is 1.74. The van der Waals surface area contributed by atoms with Gasteiger partial charge in [0.25, 0.3) is 0 Å². The zero-order valence-electron chi connectivity index (χ0n) is 10.6. The Kier molecular flexibility index (Phi) is 5.78. The quantitative estimate of drug-likeness (QED) is 0.804. The van der Waals surface area contributed by atoms with E-state index in [1.807, 2.05) is 12.1 Å². The van der Waals surface area contributed by atoms with Crippen molar-refractivity contribution in [1.82, 2.24) is 4.31 Å². The highest BCUT2D eigenvalue weighted by Crippen LogP contribution is 2.27. The van der Waals surface area contributed by atoms with Crippen LogP contribution in [0.25, 0.3) is 0 Å². The number of hydrogen-bond donors (Lipinski definition) is 1. The summed E-state index contributed by atoms with van der Waals surface area (Å²) in [6.07, 6.45) is 0.0647. The molecule has 0 heterocycles. The first-order valence-corrected chi connectivity index (χ1v) is 7.54. The molecule has 0 spiro atoms. The van der Waals surface area contributed by atoms with Crippen molar-refractivity contribution in [2.24, 2.45) is 0 Å². The van der Waals surface area contributed by atoms with E-state index in [-0.39, 0.29) is 41.5 Å². The van der Waals surface area contributed by atoms with Crippen LogP contribution in [0, 0.1) is 22.7 Å². The molecule has 0 atom stereocenters. The van der Waals surface area contributed by atoms with Gasteiger partial charge in [-0.3, -0.25) is 0 Å². The maximum atomic E-state index is 12.5. The highest BCUT2D eigenvalue weighted by atomic mass is 35.5. The summed E-state index contributed by atoms with van der Waals surface area (Å²) in [7, 11) is -3.88. The van der Waals surface area contributed by atoms with Crippen LogP contribution in [-0.4, -0.2) is 25.8 Å². The van der Waals surface area contributed by atoms with E-state index in [1.54, 1.807) is 0 Å². The lowest BCUT2D eigenvalue weighted by Gasteiger charge is -2.20. The fraction of sp³-hybridized carbons (Fsp3) is 0.333. The van der Waals surface area contributed by atoms with Gasteiger partial charge in [-0.25, -0.2) is 8.42 Å². The smallest absolute Gasteiger partial charge is 0.244 e. The Hall–Kier alpha value is -1.80. The Morgan fingerprint density at radius 2 is 1.75 bits per heavy atom. The maximum absolute atomic E-state index is 12.5. The number of nitrogens with zero attached hydrogens (tertiary/aromatic N) is 3. The van der Waals surface area contributed by atoms with E-state index in [4.69, 9.17) is 27.9 Å². The molecule has 0 amide bonds. The molecule has 0 aliphatic carbocycles. The van der Waals surface area contributed by atoms with Crippen LogP contribution in [0.4, 0.5) is 5.69 Å². The van der Waals surface area contributed by atoms with Gasteiger partial charge in [0.05, 0.1) is 17.2 Å². The third kappa shape index (κ3) is 3.84. The number of halogens is 1. The third-order valence-corrected chi connectivity index (χ3v) is 4.90. The summed E-state index contributed by atoms with van der Waals surface area (Å²) in [5.41, 5.74) is 5.85. The first kappa shape index (κ1) is 16.3. The standard InChI is InChI=1S/C12H13ClN4O2S/c13-11-4-3-10(16)9-12(11)20(18,19)17(7-1-5-14)8-2-6-15/h3-4,9H,1-2,7-8,16H2. The molecule has 1 aromatic carbocycles.